The van der Waals surface area contributed by atoms with Gasteiger partial charge in [-0.25, -0.2) is 4.98 Å². The molecule has 0 bridgehead atoms. The standard InChI is InChI=1S/C15H14BrN3/c1-9(10-5-3-2-4-6-10)15-18-13-8-11(16)7-12(17)14(13)19-15/h2-9H,17H2,1H3,(H,18,19). The van der Waals surface area contributed by atoms with E-state index in [4.69, 9.17) is 5.73 Å². The zero-order valence-corrected chi connectivity index (χ0v) is 12.1. The van der Waals surface area contributed by atoms with Gasteiger partial charge in [0.2, 0.25) is 0 Å². The number of nitrogens with zero attached hydrogens (tertiary/aromatic N) is 1. The van der Waals surface area contributed by atoms with Crippen LogP contribution in [0.5, 0.6) is 0 Å². The van der Waals surface area contributed by atoms with Gasteiger partial charge in [0.25, 0.3) is 0 Å². The van der Waals surface area contributed by atoms with Crippen LogP contribution in [-0.4, -0.2) is 9.97 Å². The van der Waals surface area contributed by atoms with E-state index < -0.39 is 0 Å². The first-order chi connectivity index (χ1) is 9.15. The van der Waals surface area contributed by atoms with Gasteiger partial charge in [-0.1, -0.05) is 53.2 Å². The van der Waals surface area contributed by atoms with Crippen LogP contribution in [0.3, 0.4) is 0 Å². The number of nitrogen functional groups attached to an aromatic ring is 1. The molecule has 0 aliphatic heterocycles. The summed E-state index contributed by atoms with van der Waals surface area (Å²) in [6.45, 7) is 2.14. The zero-order valence-electron chi connectivity index (χ0n) is 10.5. The molecule has 1 aromatic heterocycles. The monoisotopic (exact) mass is 315 g/mol. The number of hydrogen-bond donors (Lipinski definition) is 2. The Morgan fingerprint density at radius 3 is 2.68 bits per heavy atom. The topological polar surface area (TPSA) is 54.7 Å². The Morgan fingerprint density at radius 1 is 1.21 bits per heavy atom. The number of aromatic nitrogens is 2. The summed E-state index contributed by atoms with van der Waals surface area (Å²) < 4.78 is 0.958. The number of nitrogens with two attached hydrogens (primary N) is 1. The second kappa shape index (κ2) is 4.70. The molecule has 4 heteroatoms. The van der Waals surface area contributed by atoms with Crippen molar-refractivity contribution in [1.29, 1.82) is 0 Å². The van der Waals surface area contributed by atoms with Crippen LogP contribution in [0.2, 0.25) is 0 Å². The molecule has 3 N–H and O–H groups in total. The lowest BCUT2D eigenvalue weighted by atomic mass is 10.0. The molecule has 0 radical (unpaired) electrons. The molecule has 0 saturated heterocycles. The fourth-order valence-electron chi connectivity index (χ4n) is 2.23. The predicted molar refractivity (Wildman–Crippen MR) is 82.2 cm³/mol. The Bertz CT molecular complexity index is 719. The van der Waals surface area contributed by atoms with Crippen LogP contribution in [0, 0.1) is 0 Å². The summed E-state index contributed by atoms with van der Waals surface area (Å²) in [6.07, 6.45) is 0. The molecule has 0 spiro atoms. The molecule has 3 rings (SSSR count). The maximum atomic E-state index is 6.00. The Kier molecular flexibility index (Phi) is 3.03. The van der Waals surface area contributed by atoms with E-state index in [1.165, 1.54) is 5.56 Å². The van der Waals surface area contributed by atoms with Gasteiger partial charge in [-0.05, 0) is 17.7 Å². The first-order valence-corrected chi connectivity index (χ1v) is 6.94. The third-order valence-corrected chi connectivity index (χ3v) is 3.77. The average molecular weight is 316 g/mol. The number of anilines is 1. The van der Waals surface area contributed by atoms with Gasteiger partial charge in [0.1, 0.15) is 11.3 Å². The van der Waals surface area contributed by atoms with Crippen LogP contribution in [0.4, 0.5) is 5.69 Å². The molecule has 0 amide bonds. The van der Waals surface area contributed by atoms with Gasteiger partial charge in [-0.15, -0.1) is 0 Å². The highest BCUT2D eigenvalue weighted by Gasteiger charge is 2.14. The molecule has 2 aromatic carbocycles. The van der Waals surface area contributed by atoms with Crippen molar-refractivity contribution in [2.75, 3.05) is 5.73 Å². The third-order valence-electron chi connectivity index (χ3n) is 3.31. The average Bonchev–Trinajstić information content (AvgIpc) is 2.83. The van der Waals surface area contributed by atoms with Crippen molar-refractivity contribution in [3.8, 4) is 0 Å². The highest BCUT2D eigenvalue weighted by molar-refractivity contribution is 9.10. The minimum atomic E-state index is 0.215. The van der Waals surface area contributed by atoms with E-state index in [0.29, 0.717) is 5.69 Å². The van der Waals surface area contributed by atoms with E-state index in [0.717, 1.165) is 21.3 Å². The minimum absolute atomic E-state index is 0.215. The van der Waals surface area contributed by atoms with E-state index in [2.05, 4.69) is 45.0 Å². The van der Waals surface area contributed by atoms with Gasteiger partial charge in [0.15, 0.2) is 0 Å². The minimum Gasteiger partial charge on any atom is -0.397 e. The van der Waals surface area contributed by atoms with Crippen molar-refractivity contribution >= 4 is 32.7 Å². The highest BCUT2D eigenvalue weighted by atomic mass is 79.9. The molecular weight excluding hydrogens is 302 g/mol. The lowest BCUT2D eigenvalue weighted by molar-refractivity contribution is 0.846. The van der Waals surface area contributed by atoms with Crippen molar-refractivity contribution in [2.45, 2.75) is 12.8 Å². The first kappa shape index (κ1) is 12.2. The van der Waals surface area contributed by atoms with Gasteiger partial charge >= 0.3 is 0 Å². The molecule has 3 nitrogen and oxygen atoms in total. The Labute approximate surface area is 120 Å². The van der Waals surface area contributed by atoms with Gasteiger partial charge in [0, 0.05) is 10.4 Å². The summed E-state index contributed by atoms with van der Waals surface area (Å²) in [4.78, 5) is 7.98. The Hall–Kier alpha value is -1.81. The Balaban J connectivity index is 2.09. The molecular formula is C15H14BrN3. The van der Waals surface area contributed by atoms with Gasteiger partial charge < -0.3 is 10.7 Å². The van der Waals surface area contributed by atoms with Crippen molar-refractivity contribution in [3.05, 3.63) is 58.3 Å². The van der Waals surface area contributed by atoms with Crippen molar-refractivity contribution in [1.82, 2.24) is 9.97 Å². The summed E-state index contributed by atoms with van der Waals surface area (Å²) >= 11 is 3.45. The maximum absolute atomic E-state index is 6.00. The molecule has 1 unspecified atom stereocenters. The predicted octanol–water partition coefficient (Wildman–Crippen LogP) is 4.06. The largest absolute Gasteiger partial charge is 0.397 e. The number of hydrogen-bond acceptors (Lipinski definition) is 2. The van der Waals surface area contributed by atoms with E-state index in [9.17, 15) is 0 Å². The van der Waals surface area contributed by atoms with Crippen LogP contribution >= 0.6 is 15.9 Å². The second-order valence-electron chi connectivity index (χ2n) is 4.65. The second-order valence-corrected chi connectivity index (χ2v) is 5.56. The zero-order chi connectivity index (χ0) is 13.4. The van der Waals surface area contributed by atoms with E-state index >= 15 is 0 Å². The molecule has 1 atom stereocenters. The summed E-state index contributed by atoms with van der Waals surface area (Å²) in [5.41, 5.74) is 9.72. The number of aromatic amines is 1. The summed E-state index contributed by atoms with van der Waals surface area (Å²) in [5, 5.41) is 0. The van der Waals surface area contributed by atoms with Crippen LogP contribution in [0.1, 0.15) is 24.2 Å². The fraction of sp³-hybridized carbons (Fsp3) is 0.133. The van der Waals surface area contributed by atoms with Crippen LogP contribution < -0.4 is 5.73 Å². The summed E-state index contributed by atoms with van der Waals surface area (Å²) in [6, 6.07) is 14.2. The molecule has 0 fully saturated rings. The number of halogens is 1. The summed E-state index contributed by atoms with van der Waals surface area (Å²) in [7, 11) is 0. The number of H-pyrrole nitrogens is 1. The van der Waals surface area contributed by atoms with Crippen molar-refractivity contribution in [2.24, 2.45) is 0 Å². The van der Waals surface area contributed by atoms with Crippen molar-refractivity contribution in [3.63, 3.8) is 0 Å². The SMILES string of the molecule is CC(c1ccccc1)c1nc2c(N)cc(Br)cc2[nH]1. The molecule has 96 valence electrons. The fourth-order valence-corrected chi connectivity index (χ4v) is 2.71. The quantitative estimate of drug-likeness (QED) is 0.701. The van der Waals surface area contributed by atoms with Crippen LogP contribution in [-0.2, 0) is 0 Å². The smallest absolute Gasteiger partial charge is 0.114 e. The molecule has 0 aliphatic rings. The summed E-state index contributed by atoms with van der Waals surface area (Å²) in [5.74, 6) is 1.15. The lowest BCUT2D eigenvalue weighted by Crippen LogP contribution is -1.97. The highest BCUT2D eigenvalue weighted by Crippen LogP contribution is 2.28. The molecule has 0 saturated carbocycles. The number of benzene rings is 2. The third kappa shape index (κ3) is 2.24. The normalized spacial score (nSPS) is 12.7. The first-order valence-electron chi connectivity index (χ1n) is 6.14. The van der Waals surface area contributed by atoms with Crippen LogP contribution in [0.25, 0.3) is 11.0 Å². The number of nitrogens with one attached hydrogen (secondary N) is 1. The maximum Gasteiger partial charge on any atom is 0.114 e. The van der Waals surface area contributed by atoms with Gasteiger partial charge in [-0.3, -0.25) is 0 Å². The number of fused-ring (bicyclic) bond motifs is 1. The van der Waals surface area contributed by atoms with E-state index in [1.807, 2.05) is 30.3 Å². The number of rotatable bonds is 2. The molecule has 0 aliphatic carbocycles. The lowest BCUT2D eigenvalue weighted by Gasteiger charge is -2.07. The van der Waals surface area contributed by atoms with Crippen LogP contribution in [0.15, 0.2) is 46.9 Å². The molecule has 1 heterocycles. The molecule has 3 aromatic rings. The van der Waals surface area contributed by atoms with E-state index in [1.54, 1.807) is 0 Å². The van der Waals surface area contributed by atoms with Gasteiger partial charge in [-0.2, -0.15) is 0 Å². The van der Waals surface area contributed by atoms with Gasteiger partial charge in [0.05, 0.1) is 11.2 Å². The van der Waals surface area contributed by atoms with Crippen molar-refractivity contribution < 1.29 is 0 Å². The Morgan fingerprint density at radius 2 is 1.95 bits per heavy atom. The van der Waals surface area contributed by atoms with E-state index in [-0.39, 0.29) is 5.92 Å². The number of imidazole rings is 1. The molecule has 19 heavy (non-hydrogen) atoms.